The van der Waals surface area contributed by atoms with Crippen LogP contribution in [-0.2, 0) is 4.74 Å². The van der Waals surface area contributed by atoms with Gasteiger partial charge in [-0.3, -0.25) is 5.32 Å². The van der Waals surface area contributed by atoms with Crippen molar-refractivity contribution >= 4 is 11.8 Å². The van der Waals surface area contributed by atoms with E-state index < -0.39 is 6.09 Å². The normalized spacial score (nSPS) is 14.1. The summed E-state index contributed by atoms with van der Waals surface area (Å²) in [6, 6.07) is 7.80. The zero-order valence-corrected chi connectivity index (χ0v) is 11.1. The number of anilines is 1. The maximum Gasteiger partial charge on any atom is 0.411 e. The molecule has 0 atom stereocenters. The van der Waals surface area contributed by atoms with Crippen molar-refractivity contribution < 1.29 is 9.53 Å². The summed E-state index contributed by atoms with van der Waals surface area (Å²) in [6.45, 7) is 2.10. The number of carbonyl (C=O) groups excluding carboxylic acids is 1. The van der Waals surface area contributed by atoms with Crippen LogP contribution in [-0.4, -0.2) is 32.9 Å². The van der Waals surface area contributed by atoms with Crippen molar-refractivity contribution in [3.05, 3.63) is 24.3 Å². The number of nitrogens with one attached hydrogen (secondary N) is 1. The molecule has 1 saturated carbocycles. The Balaban J connectivity index is 1.83. The lowest BCUT2D eigenvalue weighted by atomic mass is 10.2. The van der Waals surface area contributed by atoms with Crippen LogP contribution >= 0.6 is 0 Å². The van der Waals surface area contributed by atoms with E-state index in [0.717, 1.165) is 24.2 Å². The SMILES string of the molecule is CCOC(=O)Nc1cccc(-c2nnnn2C2CC2)c1. The molecular formula is C13H15N5O2. The molecule has 0 bridgehead atoms. The summed E-state index contributed by atoms with van der Waals surface area (Å²) in [7, 11) is 0. The molecule has 7 heteroatoms. The van der Waals surface area contributed by atoms with E-state index in [1.807, 2.05) is 22.9 Å². The molecule has 1 amide bonds. The fourth-order valence-electron chi connectivity index (χ4n) is 1.97. The third kappa shape index (κ3) is 2.61. The highest BCUT2D eigenvalue weighted by molar-refractivity contribution is 5.85. The van der Waals surface area contributed by atoms with Gasteiger partial charge in [0, 0.05) is 11.3 Å². The van der Waals surface area contributed by atoms with Gasteiger partial charge in [-0.2, -0.15) is 0 Å². The number of ether oxygens (including phenoxy) is 1. The van der Waals surface area contributed by atoms with Gasteiger partial charge < -0.3 is 4.74 Å². The first-order valence-corrected chi connectivity index (χ1v) is 6.60. The van der Waals surface area contributed by atoms with Crippen LogP contribution < -0.4 is 5.32 Å². The van der Waals surface area contributed by atoms with Crippen molar-refractivity contribution in [1.29, 1.82) is 0 Å². The highest BCUT2D eigenvalue weighted by atomic mass is 16.5. The monoisotopic (exact) mass is 273 g/mol. The quantitative estimate of drug-likeness (QED) is 0.923. The van der Waals surface area contributed by atoms with Crippen LogP contribution in [0.1, 0.15) is 25.8 Å². The van der Waals surface area contributed by atoms with E-state index in [-0.39, 0.29) is 0 Å². The number of carbonyl (C=O) groups is 1. The number of hydrogen-bond acceptors (Lipinski definition) is 5. The molecule has 3 rings (SSSR count). The summed E-state index contributed by atoms with van der Waals surface area (Å²) < 4.78 is 6.69. The van der Waals surface area contributed by atoms with Gasteiger partial charge in [0.1, 0.15) is 0 Å². The first-order valence-electron chi connectivity index (χ1n) is 6.60. The fourth-order valence-corrected chi connectivity index (χ4v) is 1.97. The second-order valence-electron chi connectivity index (χ2n) is 4.60. The largest absolute Gasteiger partial charge is 0.450 e. The molecule has 1 aliphatic rings. The van der Waals surface area contributed by atoms with E-state index in [1.54, 1.807) is 13.0 Å². The smallest absolute Gasteiger partial charge is 0.411 e. The minimum atomic E-state index is -0.466. The van der Waals surface area contributed by atoms with E-state index >= 15 is 0 Å². The van der Waals surface area contributed by atoms with Crippen molar-refractivity contribution in [2.45, 2.75) is 25.8 Å². The topological polar surface area (TPSA) is 81.9 Å². The Labute approximate surface area is 115 Å². The van der Waals surface area contributed by atoms with Gasteiger partial charge in [0.05, 0.1) is 12.6 Å². The summed E-state index contributed by atoms with van der Waals surface area (Å²) in [4.78, 5) is 11.4. The van der Waals surface area contributed by atoms with E-state index in [2.05, 4.69) is 20.8 Å². The lowest BCUT2D eigenvalue weighted by Crippen LogP contribution is -2.13. The van der Waals surface area contributed by atoms with Crippen LogP contribution in [0, 0.1) is 0 Å². The van der Waals surface area contributed by atoms with E-state index in [0.29, 0.717) is 18.3 Å². The zero-order chi connectivity index (χ0) is 13.9. The summed E-state index contributed by atoms with van der Waals surface area (Å²) >= 11 is 0. The summed E-state index contributed by atoms with van der Waals surface area (Å²) in [5, 5.41) is 14.5. The maximum absolute atomic E-state index is 11.4. The van der Waals surface area contributed by atoms with Gasteiger partial charge in [-0.05, 0) is 42.3 Å². The highest BCUT2D eigenvalue weighted by Crippen LogP contribution is 2.36. The first-order chi connectivity index (χ1) is 9.78. The van der Waals surface area contributed by atoms with Crippen molar-refractivity contribution in [2.75, 3.05) is 11.9 Å². The van der Waals surface area contributed by atoms with Gasteiger partial charge in [0.15, 0.2) is 5.82 Å². The second kappa shape index (κ2) is 5.28. The Kier molecular flexibility index (Phi) is 3.32. The van der Waals surface area contributed by atoms with E-state index in [9.17, 15) is 4.79 Å². The van der Waals surface area contributed by atoms with Gasteiger partial charge >= 0.3 is 6.09 Å². The predicted octanol–water partition coefficient (Wildman–Crippen LogP) is 2.24. The minimum Gasteiger partial charge on any atom is -0.450 e. The van der Waals surface area contributed by atoms with Gasteiger partial charge in [-0.25, -0.2) is 9.48 Å². The number of nitrogens with zero attached hydrogens (tertiary/aromatic N) is 4. The van der Waals surface area contributed by atoms with Crippen LogP contribution in [0.4, 0.5) is 10.5 Å². The minimum absolute atomic E-state index is 0.339. The molecule has 20 heavy (non-hydrogen) atoms. The number of rotatable bonds is 4. The van der Waals surface area contributed by atoms with Crippen molar-refractivity contribution in [2.24, 2.45) is 0 Å². The molecule has 104 valence electrons. The standard InChI is InChI=1S/C13H15N5O2/c1-2-20-13(19)14-10-5-3-4-9(8-10)12-15-16-17-18(12)11-6-7-11/h3-5,8,11H,2,6-7H2,1H3,(H,14,19). The third-order valence-corrected chi connectivity index (χ3v) is 3.03. The predicted molar refractivity (Wildman–Crippen MR) is 72.2 cm³/mol. The molecule has 0 unspecified atom stereocenters. The van der Waals surface area contributed by atoms with E-state index in [4.69, 9.17) is 4.74 Å². The van der Waals surface area contributed by atoms with Gasteiger partial charge in [-0.1, -0.05) is 12.1 Å². The number of hydrogen-bond donors (Lipinski definition) is 1. The Morgan fingerprint density at radius 2 is 2.35 bits per heavy atom. The molecule has 1 aromatic heterocycles. The molecule has 7 nitrogen and oxygen atoms in total. The zero-order valence-electron chi connectivity index (χ0n) is 11.1. The highest BCUT2D eigenvalue weighted by Gasteiger charge is 2.28. The molecular weight excluding hydrogens is 258 g/mol. The van der Waals surface area contributed by atoms with Crippen molar-refractivity contribution in [1.82, 2.24) is 20.2 Å². The molecule has 0 spiro atoms. The summed E-state index contributed by atoms with van der Waals surface area (Å²) in [5.74, 6) is 0.722. The van der Waals surface area contributed by atoms with Gasteiger partial charge in [0.25, 0.3) is 0 Å². The van der Waals surface area contributed by atoms with Crippen LogP contribution in [0.25, 0.3) is 11.4 Å². The van der Waals surface area contributed by atoms with Crippen LogP contribution in [0.5, 0.6) is 0 Å². The number of amides is 1. The molecule has 1 aliphatic carbocycles. The lowest BCUT2D eigenvalue weighted by molar-refractivity contribution is 0.168. The van der Waals surface area contributed by atoms with Crippen molar-refractivity contribution in [3.8, 4) is 11.4 Å². The number of benzene rings is 1. The number of aromatic nitrogens is 4. The van der Waals surface area contributed by atoms with Crippen LogP contribution in [0.15, 0.2) is 24.3 Å². The van der Waals surface area contributed by atoms with Gasteiger partial charge in [0.2, 0.25) is 0 Å². The molecule has 0 saturated heterocycles. The summed E-state index contributed by atoms with van der Waals surface area (Å²) in [6.07, 6.45) is 1.75. The summed E-state index contributed by atoms with van der Waals surface area (Å²) in [5.41, 5.74) is 1.53. The third-order valence-electron chi connectivity index (χ3n) is 3.03. The van der Waals surface area contributed by atoms with Crippen LogP contribution in [0.2, 0.25) is 0 Å². The second-order valence-corrected chi connectivity index (χ2v) is 4.60. The molecule has 1 aromatic carbocycles. The van der Waals surface area contributed by atoms with Crippen molar-refractivity contribution in [3.63, 3.8) is 0 Å². The Morgan fingerprint density at radius 1 is 1.50 bits per heavy atom. The fraction of sp³-hybridized carbons (Fsp3) is 0.385. The average molecular weight is 273 g/mol. The molecule has 1 N–H and O–H groups in total. The number of tetrazole rings is 1. The Hall–Kier alpha value is -2.44. The lowest BCUT2D eigenvalue weighted by Gasteiger charge is -2.07. The molecule has 0 aliphatic heterocycles. The maximum atomic E-state index is 11.4. The molecule has 2 aromatic rings. The molecule has 0 radical (unpaired) electrons. The average Bonchev–Trinajstić information content (AvgIpc) is 3.16. The Bertz CT molecular complexity index is 621. The molecule has 1 heterocycles. The Morgan fingerprint density at radius 3 is 3.10 bits per heavy atom. The van der Waals surface area contributed by atoms with Gasteiger partial charge in [-0.15, -0.1) is 5.10 Å². The van der Waals surface area contributed by atoms with Crippen LogP contribution in [0.3, 0.4) is 0 Å². The molecule has 1 fully saturated rings. The first kappa shape index (κ1) is 12.6. The van der Waals surface area contributed by atoms with E-state index in [1.165, 1.54) is 0 Å².